The third kappa shape index (κ3) is 1.98. The predicted octanol–water partition coefficient (Wildman–Crippen LogP) is 3.96. The fraction of sp³-hybridized carbons (Fsp3) is 0.200. The summed E-state index contributed by atoms with van der Waals surface area (Å²) in [5.41, 5.74) is 3.19. The summed E-state index contributed by atoms with van der Waals surface area (Å²) < 4.78 is 11.1. The van der Waals surface area contributed by atoms with Crippen LogP contribution in [-0.4, -0.2) is 7.11 Å². The van der Waals surface area contributed by atoms with Crippen molar-refractivity contribution in [3.05, 3.63) is 47.2 Å². The summed E-state index contributed by atoms with van der Waals surface area (Å²) in [6, 6.07) is 2.02. The summed E-state index contributed by atoms with van der Waals surface area (Å²) >= 11 is 0. The number of rotatable bonds is 2. The molecular formula is C15H16O2. The van der Waals surface area contributed by atoms with E-state index < -0.39 is 0 Å². The molecule has 2 nitrogen and oxygen atoms in total. The van der Waals surface area contributed by atoms with Crippen LogP contribution in [0, 0.1) is 6.92 Å². The van der Waals surface area contributed by atoms with Crippen LogP contribution in [0.1, 0.15) is 23.6 Å². The Morgan fingerprint density at radius 2 is 2.12 bits per heavy atom. The molecule has 88 valence electrons. The van der Waals surface area contributed by atoms with Gasteiger partial charge in [0.05, 0.1) is 12.7 Å². The Kier molecular flexibility index (Phi) is 3.05. The molecule has 17 heavy (non-hydrogen) atoms. The van der Waals surface area contributed by atoms with E-state index in [9.17, 15) is 0 Å². The molecule has 0 N–H and O–H groups in total. The van der Waals surface area contributed by atoms with Gasteiger partial charge in [0.2, 0.25) is 0 Å². The number of fused-ring (bicyclic) bond motifs is 1. The van der Waals surface area contributed by atoms with Gasteiger partial charge in [-0.2, -0.15) is 0 Å². The molecule has 1 aliphatic heterocycles. The summed E-state index contributed by atoms with van der Waals surface area (Å²) in [6.45, 7) is 7.83. The van der Waals surface area contributed by atoms with Crippen LogP contribution in [0.25, 0.3) is 12.2 Å². The van der Waals surface area contributed by atoms with E-state index >= 15 is 0 Å². The second-order valence-corrected chi connectivity index (χ2v) is 3.95. The van der Waals surface area contributed by atoms with E-state index in [1.807, 2.05) is 44.2 Å². The van der Waals surface area contributed by atoms with Crippen molar-refractivity contribution in [1.29, 1.82) is 0 Å². The van der Waals surface area contributed by atoms with Gasteiger partial charge >= 0.3 is 0 Å². The number of ether oxygens (including phenoxy) is 2. The molecule has 2 heteroatoms. The molecule has 0 bridgehead atoms. The van der Waals surface area contributed by atoms with Gasteiger partial charge in [-0.25, -0.2) is 0 Å². The summed E-state index contributed by atoms with van der Waals surface area (Å²) in [5, 5.41) is 0. The average molecular weight is 228 g/mol. The van der Waals surface area contributed by atoms with Crippen LogP contribution < -0.4 is 9.47 Å². The zero-order valence-electron chi connectivity index (χ0n) is 10.4. The third-order valence-corrected chi connectivity index (χ3v) is 2.74. The van der Waals surface area contributed by atoms with E-state index in [0.29, 0.717) is 5.76 Å². The van der Waals surface area contributed by atoms with Gasteiger partial charge in [-0.1, -0.05) is 18.7 Å². The van der Waals surface area contributed by atoms with Crippen LogP contribution in [0.4, 0.5) is 0 Å². The van der Waals surface area contributed by atoms with Gasteiger partial charge in [-0.15, -0.1) is 0 Å². The zero-order valence-corrected chi connectivity index (χ0v) is 10.4. The van der Waals surface area contributed by atoms with Gasteiger partial charge in [0.25, 0.3) is 0 Å². The molecule has 0 atom stereocenters. The van der Waals surface area contributed by atoms with E-state index in [2.05, 4.69) is 6.58 Å². The summed E-state index contributed by atoms with van der Waals surface area (Å²) in [6.07, 6.45) is 7.88. The van der Waals surface area contributed by atoms with Gasteiger partial charge < -0.3 is 9.47 Å². The lowest BCUT2D eigenvalue weighted by Crippen LogP contribution is -2.02. The predicted molar refractivity (Wildman–Crippen MR) is 71.2 cm³/mol. The molecule has 0 aliphatic carbocycles. The van der Waals surface area contributed by atoms with Crippen LogP contribution in [0.5, 0.6) is 11.5 Å². The SMILES string of the molecule is C=C1C=Cc2c(cc(C)c(/C=C\C)c2OC)O1. The first-order valence-electron chi connectivity index (χ1n) is 5.56. The van der Waals surface area contributed by atoms with Gasteiger partial charge in [-0.3, -0.25) is 0 Å². The molecule has 0 radical (unpaired) electrons. The smallest absolute Gasteiger partial charge is 0.138 e. The monoisotopic (exact) mass is 228 g/mol. The minimum atomic E-state index is 0.651. The normalized spacial score (nSPS) is 13.7. The molecule has 0 amide bonds. The molecule has 0 saturated carbocycles. The molecule has 0 spiro atoms. The molecule has 0 aromatic heterocycles. The number of methoxy groups -OCH3 is 1. The van der Waals surface area contributed by atoms with Crippen molar-refractivity contribution >= 4 is 12.2 Å². The van der Waals surface area contributed by atoms with Crippen molar-refractivity contribution in [2.75, 3.05) is 7.11 Å². The highest BCUT2D eigenvalue weighted by Crippen LogP contribution is 2.39. The van der Waals surface area contributed by atoms with Crippen LogP contribution in [0.3, 0.4) is 0 Å². The Balaban J connectivity index is 2.69. The van der Waals surface area contributed by atoms with Crippen LogP contribution >= 0.6 is 0 Å². The molecule has 0 unspecified atom stereocenters. The fourth-order valence-electron chi connectivity index (χ4n) is 1.98. The lowest BCUT2D eigenvalue weighted by Gasteiger charge is -2.19. The number of aryl methyl sites for hydroxylation is 1. The Morgan fingerprint density at radius 1 is 1.35 bits per heavy atom. The van der Waals surface area contributed by atoms with Gasteiger partial charge in [0.1, 0.15) is 17.3 Å². The quantitative estimate of drug-likeness (QED) is 0.763. The topological polar surface area (TPSA) is 18.5 Å². The van der Waals surface area contributed by atoms with Crippen LogP contribution in [-0.2, 0) is 0 Å². The first-order valence-corrected chi connectivity index (χ1v) is 5.56. The maximum atomic E-state index is 5.60. The van der Waals surface area contributed by atoms with Gasteiger partial charge in [0, 0.05) is 5.56 Å². The maximum absolute atomic E-state index is 5.60. The standard InChI is InChI=1S/C15H16O2/c1-5-6-12-10(2)9-14-13(15(12)16-4)8-7-11(3)17-14/h5-9H,3H2,1-2,4H3/b6-5-. The maximum Gasteiger partial charge on any atom is 0.138 e. The highest BCUT2D eigenvalue weighted by atomic mass is 16.5. The number of hydrogen-bond acceptors (Lipinski definition) is 2. The molecule has 1 aromatic rings. The molecule has 1 aliphatic rings. The molecule has 0 fully saturated rings. The second kappa shape index (κ2) is 4.50. The fourth-order valence-corrected chi connectivity index (χ4v) is 1.98. The van der Waals surface area contributed by atoms with E-state index in [1.165, 1.54) is 0 Å². The Morgan fingerprint density at radius 3 is 2.76 bits per heavy atom. The highest BCUT2D eigenvalue weighted by Gasteiger charge is 2.17. The van der Waals surface area contributed by atoms with Crippen LogP contribution in [0.2, 0.25) is 0 Å². The molecular weight excluding hydrogens is 212 g/mol. The first-order chi connectivity index (χ1) is 8.17. The van der Waals surface area contributed by atoms with E-state index in [4.69, 9.17) is 9.47 Å². The zero-order chi connectivity index (χ0) is 12.4. The van der Waals surface area contributed by atoms with Gasteiger partial charge in [-0.05, 0) is 37.6 Å². The lowest BCUT2D eigenvalue weighted by atomic mass is 10.00. The first kappa shape index (κ1) is 11.5. The lowest BCUT2D eigenvalue weighted by molar-refractivity contribution is 0.399. The van der Waals surface area contributed by atoms with Crippen molar-refractivity contribution in [3.8, 4) is 11.5 Å². The largest absolute Gasteiger partial charge is 0.495 e. The molecule has 0 saturated heterocycles. The van der Waals surface area contributed by atoms with E-state index in [1.54, 1.807) is 7.11 Å². The minimum absolute atomic E-state index is 0.651. The summed E-state index contributed by atoms with van der Waals surface area (Å²) in [7, 11) is 1.68. The van der Waals surface area contributed by atoms with Crippen molar-refractivity contribution in [1.82, 2.24) is 0 Å². The second-order valence-electron chi connectivity index (χ2n) is 3.95. The Bertz CT molecular complexity index is 522. The Labute approximate surface area is 102 Å². The van der Waals surface area contributed by atoms with Crippen LogP contribution in [0.15, 0.2) is 30.6 Å². The molecule has 2 rings (SSSR count). The van der Waals surface area contributed by atoms with E-state index in [0.717, 1.165) is 28.2 Å². The van der Waals surface area contributed by atoms with Crippen molar-refractivity contribution in [2.45, 2.75) is 13.8 Å². The van der Waals surface area contributed by atoms with Gasteiger partial charge in [0.15, 0.2) is 0 Å². The Hall–Kier alpha value is -1.96. The van der Waals surface area contributed by atoms with Crippen molar-refractivity contribution in [3.63, 3.8) is 0 Å². The van der Waals surface area contributed by atoms with E-state index in [-0.39, 0.29) is 0 Å². The number of hydrogen-bond donors (Lipinski definition) is 0. The summed E-state index contributed by atoms with van der Waals surface area (Å²) in [5.74, 6) is 2.31. The van der Waals surface area contributed by atoms with Crippen molar-refractivity contribution in [2.24, 2.45) is 0 Å². The number of allylic oxidation sites excluding steroid dienone is 2. The summed E-state index contributed by atoms with van der Waals surface area (Å²) in [4.78, 5) is 0. The number of benzene rings is 1. The average Bonchev–Trinajstić information content (AvgIpc) is 2.30. The minimum Gasteiger partial charge on any atom is -0.495 e. The highest BCUT2D eigenvalue weighted by molar-refractivity contribution is 5.76. The van der Waals surface area contributed by atoms with Crippen molar-refractivity contribution < 1.29 is 9.47 Å². The third-order valence-electron chi connectivity index (χ3n) is 2.74. The molecule has 1 aromatic carbocycles. The molecule has 1 heterocycles.